The van der Waals surface area contributed by atoms with Crippen molar-refractivity contribution in [3.8, 4) is 11.3 Å². The maximum atomic E-state index is 14.1. The number of unbranched alkanes of at least 4 members (excludes halogenated alkanes) is 1. The summed E-state index contributed by atoms with van der Waals surface area (Å²) in [5, 5.41) is 33.8. The van der Waals surface area contributed by atoms with Gasteiger partial charge in [0.2, 0.25) is 11.8 Å². The number of hydrogen-bond donors (Lipinski definition) is 6. The van der Waals surface area contributed by atoms with E-state index in [2.05, 4.69) is 26.3 Å². The zero-order valence-corrected chi connectivity index (χ0v) is 32.9. The molecule has 0 aliphatic heterocycles. The van der Waals surface area contributed by atoms with Gasteiger partial charge >= 0.3 is 12.2 Å². The highest BCUT2D eigenvalue weighted by molar-refractivity contribution is 5.87. The number of aromatic nitrogens is 1. The summed E-state index contributed by atoms with van der Waals surface area (Å²) in [5.41, 5.74) is 0.415. The van der Waals surface area contributed by atoms with E-state index in [1.165, 1.54) is 7.11 Å². The van der Waals surface area contributed by atoms with Crippen LogP contribution in [0.3, 0.4) is 0 Å². The van der Waals surface area contributed by atoms with Gasteiger partial charge in [0.15, 0.2) is 0 Å². The summed E-state index contributed by atoms with van der Waals surface area (Å²) in [6, 6.07) is 19.3. The third-order valence-electron chi connectivity index (χ3n) is 9.53. The molecule has 0 fully saturated rings. The Morgan fingerprint density at radius 2 is 1.31 bits per heavy atom. The Balaban J connectivity index is 2.11. The van der Waals surface area contributed by atoms with Crippen molar-refractivity contribution in [1.29, 1.82) is 0 Å². The van der Waals surface area contributed by atoms with Crippen molar-refractivity contribution in [2.75, 3.05) is 7.11 Å². The number of nitrogens with zero attached hydrogens (tertiary/aromatic N) is 1. The molecule has 0 unspecified atom stereocenters. The molecule has 1 aromatic heterocycles. The van der Waals surface area contributed by atoms with E-state index in [-0.39, 0.29) is 19.3 Å². The molecule has 294 valence electrons. The SMILES string of the molecule is CCCC[C@](O)(C[C@H](Cc1ccc(-c2ccccn2)cc1)NC(=O)[C@@H](NC(=O)OC)C(C)(C)C)[C@H](Cc1ccccc1)NC(=O)[C@H](NC(=O)O)C(C)(C)C. The van der Waals surface area contributed by atoms with Crippen LogP contribution in [0.5, 0.6) is 0 Å². The Labute approximate surface area is 319 Å². The number of hydrogen-bond acceptors (Lipinski definition) is 7. The predicted molar refractivity (Wildman–Crippen MR) is 210 cm³/mol. The van der Waals surface area contributed by atoms with Gasteiger partial charge in [-0.2, -0.15) is 0 Å². The number of rotatable bonds is 17. The van der Waals surface area contributed by atoms with Crippen molar-refractivity contribution in [3.05, 3.63) is 90.1 Å². The summed E-state index contributed by atoms with van der Waals surface area (Å²) in [5.74, 6) is -1.02. The van der Waals surface area contributed by atoms with Gasteiger partial charge in [0.25, 0.3) is 0 Å². The predicted octanol–water partition coefficient (Wildman–Crippen LogP) is 6.27. The Morgan fingerprint density at radius 1 is 0.741 bits per heavy atom. The fraction of sp³-hybridized carbons (Fsp3) is 0.500. The summed E-state index contributed by atoms with van der Waals surface area (Å²) in [6.07, 6.45) is 1.87. The Hall–Kier alpha value is -4.97. The first kappa shape index (κ1) is 43.4. The van der Waals surface area contributed by atoms with Gasteiger partial charge in [0, 0.05) is 17.8 Å². The van der Waals surface area contributed by atoms with Crippen molar-refractivity contribution in [2.45, 2.75) is 117 Å². The lowest BCUT2D eigenvalue weighted by Crippen LogP contribution is -2.62. The fourth-order valence-electron chi connectivity index (χ4n) is 6.55. The molecular formula is C42H59N5O7. The number of ether oxygens (including phenoxy) is 1. The van der Waals surface area contributed by atoms with Gasteiger partial charge in [0.05, 0.1) is 24.4 Å². The van der Waals surface area contributed by atoms with Gasteiger partial charge in [-0.1, -0.05) is 122 Å². The number of carbonyl (C=O) groups is 4. The first-order valence-electron chi connectivity index (χ1n) is 18.6. The highest BCUT2D eigenvalue weighted by Gasteiger charge is 2.43. The smallest absolute Gasteiger partial charge is 0.407 e. The van der Waals surface area contributed by atoms with E-state index in [0.717, 1.165) is 28.8 Å². The highest BCUT2D eigenvalue weighted by atomic mass is 16.5. The van der Waals surface area contributed by atoms with E-state index < -0.39 is 64.6 Å². The molecule has 2 aromatic carbocycles. The van der Waals surface area contributed by atoms with Gasteiger partial charge in [0.1, 0.15) is 12.1 Å². The number of nitrogens with one attached hydrogen (secondary N) is 4. The van der Waals surface area contributed by atoms with E-state index in [1.54, 1.807) is 27.0 Å². The Kier molecular flexibility index (Phi) is 15.6. The molecule has 54 heavy (non-hydrogen) atoms. The first-order chi connectivity index (χ1) is 25.4. The van der Waals surface area contributed by atoms with Gasteiger partial charge in [-0.3, -0.25) is 14.6 Å². The van der Waals surface area contributed by atoms with Crippen LogP contribution in [0.2, 0.25) is 0 Å². The number of aliphatic hydroxyl groups is 1. The number of pyridine rings is 1. The van der Waals surface area contributed by atoms with Crippen LogP contribution in [0.25, 0.3) is 11.3 Å². The minimum absolute atomic E-state index is 0.0279. The second kappa shape index (κ2) is 19.4. The average Bonchev–Trinajstić information content (AvgIpc) is 3.11. The van der Waals surface area contributed by atoms with E-state index in [1.807, 2.05) is 100 Å². The second-order valence-corrected chi connectivity index (χ2v) is 16.2. The van der Waals surface area contributed by atoms with Gasteiger partial charge in [-0.05, 0) is 59.8 Å². The van der Waals surface area contributed by atoms with Crippen LogP contribution >= 0.6 is 0 Å². The quantitative estimate of drug-likeness (QED) is 0.0937. The van der Waals surface area contributed by atoms with E-state index in [4.69, 9.17) is 4.74 Å². The van der Waals surface area contributed by atoms with Crippen LogP contribution < -0.4 is 21.3 Å². The molecule has 4 amide bonds. The molecule has 6 N–H and O–H groups in total. The number of benzene rings is 2. The molecule has 0 saturated carbocycles. The minimum atomic E-state index is -1.58. The molecule has 1 heterocycles. The summed E-state index contributed by atoms with van der Waals surface area (Å²) >= 11 is 0. The van der Waals surface area contributed by atoms with Crippen LogP contribution in [0.4, 0.5) is 9.59 Å². The first-order valence-corrected chi connectivity index (χ1v) is 18.6. The van der Waals surface area contributed by atoms with Crippen LogP contribution in [0.1, 0.15) is 85.3 Å². The molecule has 0 saturated heterocycles. The Morgan fingerprint density at radius 3 is 1.85 bits per heavy atom. The maximum absolute atomic E-state index is 14.1. The molecule has 0 bridgehead atoms. The van der Waals surface area contributed by atoms with Crippen LogP contribution in [0.15, 0.2) is 79.0 Å². The molecule has 3 aromatic rings. The van der Waals surface area contributed by atoms with Crippen molar-refractivity contribution in [3.63, 3.8) is 0 Å². The van der Waals surface area contributed by atoms with Gasteiger partial charge < -0.3 is 36.2 Å². The molecule has 0 radical (unpaired) electrons. The molecular weight excluding hydrogens is 686 g/mol. The van der Waals surface area contributed by atoms with Crippen molar-refractivity contribution >= 4 is 24.0 Å². The second-order valence-electron chi connectivity index (χ2n) is 16.2. The number of carbonyl (C=O) groups excluding carboxylic acids is 3. The van der Waals surface area contributed by atoms with E-state index in [9.17, 15) is 29.4 Å². The van der Waals surface area contributed by atoms with Gasteiger partial charge in [-0.15, -0.1) is 0 Å². The van der Waals surface area contributed by atoms with Crippen LogP contribution in [-0.4, -0.2) is 76.1 Å². The zero-order valence-electron chi connectivity index (χ0n) is 32.9. The Bertz CT molecular complexity index is 1660. The molecule has 0 aliphatic rings. The summed E-state index contributed by atoms with van der Waals surface area (Å²) in [6.45, 7) is 12.8. The molecule has 5 atom stereocenters. The standard InChI is InChI=1S/C42H59N5O7/c1-9-10-23-42(53,33(26-28-16-12-11-13-17-28)45-37(49)34(40(2,3)4)46-38(50)51)27-31(44-36(48)35(41(5,6)7)47-39(52)54-8)25-29-19-21-30(22-20-29)32-18-14-15-24-43-32/h11-22,24,31,33-35,46,53H,9-10,23,25-27H2,1-8H3,(H,44,48)(H,45,49)(H,47,52)(H,50,51)/t31-,33-,34-,35+,42-/m0/s1. The summed E-state index contributed by atoms with van der Waals surface area (Å²) in [7, 11) is 1.23. The lowest BCUT2D eigenvalue weighted by atomic mass is 9.78. The molecule has 0 aliphatic carbocycles. The normalized spacial score (nSPS) is 15.1. The summed E-state index contributed by atoms with van der Waals surface area (Å²) in [4.78, 5) is 56.7. The van der Waals surface area contributed by atoms with Crippen molar-refractivity contribution < 1.29 is 34.1 Å². The fourth-order valence-corrected chi connectivity index (χ4v) is 6.55. The largest absolute Gasteiger partial charge is 0.465 e. The maximum Gasteiger partial charge on any atom is 0.407 e. The third kappa shape index (κ3) is 13.2. The van der Waals surface area contributed by atoms with E-state index in [0.29, 0.717) is 12.8 Å². The van der Waals surface area contributed by atoms with Crippen LogP contribution in [-0.2, 0) is 27.2 Å². The summed E-state index contributed by atoms with van der Waals surface area (Å²) < 4.78 is 4.83. The third-order valence-corrected chi connectivity index (χ3v) is 9.53. The average molecular weight is 746 g/mol. The van der Waals surface area contributed by atoms with Crippen molar-refractivity contribution in [2.24, 2.45) is 10.8 Å². The highest BCUT2D eigenvalue weighted by Crippen LogP contribution is 2.31. The van der Waals surface area contributed by atoms with Crippen LogP contribution in [0, 0.1) is 10.8 Å². The minimum Gasteiger partial charge on any atom is -0.465 e. The van der Waals surface area contributed by atoms with E-state index >= 15 is 0 Å². The van der Waals surface area contributed by atoms with Gasteiger partial charge in [-0.25, -0.2) is 9.59 Å². The number of amides is 4. The molecule has 12 nitrogen and oxygen atoms in total. The lowest BCUT2D eigenvalue weighted by Gasteiger charge is -2.41. The lowest BCUT2D eigenvalue weighted by molar-refractivity contribution is -0.130. The monoisotopic (exact) mass is 745 g/mol. The molecule has 0 spiro atoms. The number of alkyl carbamates (subject to hydrolysis) is 1. The number of carboxylic acid groups (broad SMARTS) is 1. The molecule has 3 rings (SSSR count). The zero-order chi connectivity index (χ0) is 40.1. The molecule has 12 heteroatoms. The number of methoxy groups -OCH3 is 1. The van der Waals surface area contributed by atoms with Crippen molar-refractivity contribution in [1.82, 2.24) is 26.3 Å². The topological polar surface area (TPSA) is 179 Å².